The highest BCUT2D eigenvalue weighted by Gasteiger charge is 2.18. The lowest BCUT2D eigenvalue weighted by molar-refractivity contribution is -0.133. The number of nitrogens with zero attached hydrogens (tertiary/aromatic N) is 1. The fourth-order valence-corrected chi connectivity index (χ4v) is 3.07. The van der Waals surface area contributed by atoms with Crippen LogP contribution in [0.15, 0.2) is 18.2 Å². The average Bonchev–Trinajstić information content (AvgIpc) is 2.57. The number of nitrogens with one attached hydrogen (secondary N) is 2. The van der Waals surface area contributed by atoms with Gasteiger partial charge in [-0.1, -0.05) is 12.1 Å². The Kier molecular flexibility index (Phi) is 6.79. The van der Waals surface area contributed by atoms with E-state index in [9.17, 15) is 9.59 Å². The van der Waals surface area contributed by atoms with E-state index in [-0.39, 0.29) is 18.4 Å². The zero-order chi connectivity index (χ0) is 17.5. The summed E-state index contributed by atoms with van der Waals surface area (Å²) >= 11 is 0. The molecule has 24 heavy (non-hydrogen) atoms. The monoisotopic (exact) mass is 331 g/mol. The van der Waals surface area contributed by atoms with Gasteiger partial charge in [-0.2, -0.15) is 0 Å². The van der Waals surface area contributed by atoms with Crippen LogP contribution < -0.4 is 10.6 Å². The maximum Gasteiger partial charge on any atom is 0.243 e. The lowest BCUT2D eigenvalue weighted by Crippen LogP contribution is -2.35. The van der Waals surface area contributed by atoms with Crippen LogP contribution in [0, 0.1) is 19.8 Å². The number of benzene rings is 1. The zero-order valence-electron chi connectivity index (χ0n) is 15.0. The van der Waals surface area contributed by atoms with E-state index in [0.717, 1.165) is 49.2 Å². The fraction of sp³-hybridized carbons (Fsp3) is 0.579. The lowest BCUT2D eigenvalue weighted by Gasteiger charge is -2.23. The highest BCUT2D eigenvalue weighted by atomic mass is 16.2. The van der Waals surface area contributed by atoms with Crippen LogP contribution in [0.2, 0.25) is 0 Å². The minimum Gasteiger partial charge on any atom is -0.336 e. The number of hydrogen-bond acceptors (Lipinski definition) is 3. The first-order valence-corrected chi connectivity index (χ1v) is 8.78. The lowest BCUT2D eigenvalue weighted by atomic mass is 9.93. The predicted octanol–water partition coefficient (Wildman–Crippen LogP) is 2.48. The van der Waals surface area contributed by atoms with Crippen molar-refractivity contribution in [3.05, 3.63) is 29.3 Å². The van der Waals surface area contributed by atoms with Crippen LogP contribution in [0.1, 0.15) is 36.8 Å². The van der Waals surface area contributed by atoms with Gasteiger partial charge in [0.25, 0.3) is 0 Å². The summed E-state index contributed by atoms with van der Waals surface area (Å²) < 4.78 is 0. The fourth-order valence-electron chi connectivity index (χ4n) is 3.07. The number of likely N-dealkylation sites (N-methyl/N-ethyl adjacent to an activating group) is 1. The van der Waals surface area contributed by atoms with Crippen molar-refractivity contribution in [1.82, 2.24) is 10.2 Å². The van der Waals surface area contributed by atoms with Crippen molar-refractivity contribution in [2.75, 3.05) is 32.0 Å². The van der Waals surface area contributed by atoms with Gasteiger partial charge in [-0.15, -0.1) is 0 Å². The molecule has 5 heteroatoms. The van der Waals surface area contributed by atoms with E-state index < -0.39 is 0 Å². The highest BCUT2D eigenvalue weighted by Crippen LogP contribution is 2.19. The molecule has 0 unspecified atom stereocenters. The molecular formula is C19H29N3O2. The van der Waals surface area contributed by atoms with Crippen LogP contribution in [-0.2, 0) is 9.59 Å². The van der Waals surface area contributed by atoms with Crippen LogP contribution in [-0.4, -0.2) is 43.4 Å². The number of anilines is 1. The third-order valence-corrected chi connectivity index (χ3v) is 4.91. The van der Waals surface area contributed by atoms with Crippen LogP contribution in [0.4, 0.5) is 5.69 Å². The Hall–Kier alpha value is -1.88. The minimum absolute atomic E-state index is 0.0460. The van der Waals surface area contributed by atoms with Crippen molar-refractivity contribution < 1.29 is 9.59 Å². The van der Waals surface area contributed by atoms with E-state index in [2.05, 4.69) is 10.6 Å². The molecule has 2 amide bonds. The molecule has 1 fully saturated rings. The number of carbonyl (C=O) groups excluding carboxylic acids is 2. The van der Waals surface area contributed by atoms with Crippen molar-refractivity contribution in [2.45, 2.75) is 39.5 Å². The molecular weight excluding hydrogens is 302 g/mol. The molecule has 0 bridgehead atoms. The Morgan fingerprint density at radius 2 is 1.96 bits per heavy atom. The van der Waals surface area contributed by atoms with Crippen molar-refractivity contribution in [1.29, 1.82) is 0 Å². The van der Waals surface area contributed by atoms with Gasteiger partial charge in [0.2, 0.25) is 11.8 Å². The Morgan fingerprint density at radius 3 is 2.67 bits per heavy atom. The first-order valence-electron chi connectivity index (χ1n) is 8.78. The molecule has 2 rings (SSSR count). The Labute approximate surface area is 144 Å². The molecule has 0 aromatic heterocycles. The first kappa shape index (κ1) is 18.5. The van der Waals surface area contributed by atoms with Gasteiger partial charge in [0.15, 0.2) is 0 Å². The van der Waals surface area contributed by atoms with Crippen LogP contribution in [0.5, 0.6) is 0 Å². The van der Waals surface area contributed by atoms with E-state index in [1.807, 2.05) is 32.0 Å². The quantitative estimate of drug-likeness (QED) is 0.842. The predicted molar refractivity (Wildman–Crippen MR) is 97.0 cm³/mol. The van der Waals surface area contributed by atoms with Gasteiger partial charge in [0, 0.05) is 19.2 Å². The largest absolute Gasteiger partial charge is 0.336 e. The molecule has 0 atom stereocenters. The van der Waals surface area contributed by atoms with Crippen LogP contribution in [0.25, 0.3) is 0 Å². The maximum absolute atomic E-state index is 12.2. The van der Waals surface area contributed by atoms with Gasteiger partial charge in [-0.05, 0) is 69.3 Å². The van der Waals surface area contributed by atoms with Gasteiger partial charge in [0.05, 0.1) is 6.54 Å². The number of hydrogen-bond donors (Lipinski definition) is 2. The van der Waals surface area contributed by atoms with E-state index in [0.29, 0.717) is 12.3 Å². The molecule has 0 spiro atoms. The molecule has 1 saturated heterocycles. The van der Waals surface area contributed by atoms with E-state index in [4.69, 9.17) is 0 Å². The summed E-state index contributed by atoms with van der Waals surface area (Å²) in [4.78, 5) is 25.9. The first-order chi connectivity index (χ1) is 11.5. The number of amides is 2. The van der Waals surface area contributed by atoms with Gasteiger partial charge in [-0.25, -0.2) is 0 Å². The molecule has 0 aliphatic carbocycles. The summed E-state index contributed by atoms with van der Waals surface area (Å²) in [6.45, 7) is 6.19. The van der Waals surface area contributed by atoms with Gasteiger partial charge in [-0.3, -0.25) is 9.59 Å². The number of aryl methyl sites for hydroxylation is 1. The molecule has 1 aliphatic rings. The Bertz CT molecular complexity index is 580. The number of rotatable bonds is 6. The summed E-state index contributed by atoms with van der Waals surface area (Å²) in [7, 11) is 1.70. The van der Waals surface area contributed by atoms with Crippen molar-refractivity contribution in [2.24, 2.45) is 5.92 Å². The van der Waals surface area contributed by atoms with Crippen molar-refractivity contribution >= 4 is 17.5 Å². The second-order valence-corrected chi connectivity index (χ2v) is 6.78. The summed E-state index contributed by atoms with van der Waals surface area (Å²) in [6, 6.07) is 5.83. The smallest absolute Gasteiger partial charge is 0.243 e. The summed E-state index contributed by atoms with van der Waals surface area (Å²) in [6.07, 6.45) is 3.73. The molecule has 0 radical (unpaired) electrons. The SMILES string of the molecule is Cc1cccc(NC(=O)CN(C)C(=O)CCC2CCNCC2)c1C. The summed E-state index contributed by atoms with van der Waals surface area (Å²) in [5.74, 6) is 0.526. The second-order valence-electron chi connectivity index (χ2n) is 6.78. The Balaban J connectivity index is 1.77. The minimum atomic E-state index is -0.151. The third kappa shape index (κ3) is 5.34. The molecule has 1 aromatic carbocycles. The molecule has 1 aromatic rings. The molecule has 132 valence electrons. The van der Waals surface area contributed by atoms with Gasteiger partial charge >= 0.3 is 0 Å². The molecule has 0 saturated carbocycles. The van der Waals surface area contributed by atoms with Crippen LogP contribution >= 0.6 is 0 Å². The van der Waals surface area contributed by atoms with Crippen LogP contribution in [0.3, 0.4) is 0 Å². The molecule has 1 heterocycles. The number of carbonyl (C=O) groups is 2. The Morgan fingerprint density at radius 1 is 1.25 bits per heavy atom. The number of piperidine rings is 1. The van der Waals surface area contributed by atoms with Gasteiger partial charge < -0.3 is 15.5 Å². The van der Waals surface area contributed by atoms with Crippen molar-refractivity contribution in [3.63, 3.8) is 0 Å². The summed E-state index contributed by atoms with van der Waals surface area (Å²) in [5.41, 5.74) is 3.01. The standard InChI is InChI=1S/C19H29N3O2/c1-14-5-4-6-17(15(14)2)21-18(23)13-22(3)19(24)8-7-16-9-11-20-12-10-16/h4-6,16,20H,7-13H2,1-3H3,(H,21,23). The van der Waals surface area contributed by atoms with Crippen molar-refractivity contribution in [3.8, 4) is 0 Å². The molecule has 1 aliphatic heterocycles. The third-order valence-electron chi connectivity index (χ3n) is 4.91. The topological polar surface area (TPSA) is 61.4 Å². The maximum atomic E-state index is 12.2. The average molecular weight is 331 g/mol. The van der Waals surface area contributed by atoms with E-state index in [1.165, 1.54) is 4.90 Å². The van der Waals surface area contributed by atoms with Gasteiger partial charge in [0.1, 0.15) is 0 Å². The molecule has 2 N–H and O–H groups in total. The second kappa shape index (κ2) is 8.83. The normalized spacial score (nSPS) is 15.1. The highest BCUT2D eigenvalue weighted by molar-refractivity contribution is 5.95. The molecule has 5 nitrogen and oxygen atoms in total. The summed E-state index contributed by atoms with van der Waals surface area (Å²) in [5, 5.41) is 6.24. The van der Waals surface area contributed by atoms with E-state index in [1.54, 1.807) is 7.05 Å². The van der Waals surface area contributed by atoms with E-state index >= 15 is 0 Å². The zero-order valence-corrected chi connectivity index (χ0v) is 15.0.